The molecule has 0 radical (unpaired) electrons. The monoisotopic (exact) mass is 349 g/mol. The fraction of sp³-hybridized carbons (Fsp3) is 0.273. The van der Waals surface area contributed by atoms with E-state index in [1.165, 1.54) is 30.9 Å². The van der Waals surface area contributed by atoms with Crippen molar-refractivity contribution in [3.63, 3.8) is 0 Å². The molecule has 2 aromatic carbocycles. The van der Waals surface area contributed by atoms with Gasteiger partial charge in [0.2, 0.25) is 0 Å². The van der Waals surface area contributed by atoms with E-state index in [4.69, 9.17) is 0 Å². The molecule has 1 aliphatic rings. The lowest BCUT2D eigenvalue weighted by molar-refractivity contribution is 0.619. The summed E-state index contributed by atoms with van der Waals surface area (Å²) in [7, 11) is 0. The fourth-order valence-electron chi connectivity index (χ4n) is 2.43. The topological polar surface area (TPSA) is 37.8 Å². The Bertz CT molecular complexity index is 844. The molecule has 0 bridgehead atoms. The van der Waals surface area contributed by atoms with Crippen LogP contribution in [-0.4, -0.2) is 9.97 Å². The lowest BCUT2D eigenvalue weighted by atomic mass is 10.1. The highest BCUT2D eigenvalue weighted by atomic mass is 19.1. The van der Waals surface area contributed by atoms with Gasteiger partial charge >= 0.3 is 0 Å². The van der Waals surface area contributed by atoms with Crippen LogP contribution in [0.15, 0.2) is 60.9 Å². The van der Waals surface area contributed by atoms with Gasteiger partial charge in [0.25, 0.3) is 0 Å². The molecule has 4 rings (SSSR count). The zero-order valence-corrected chi connectivity index (χ0v) is 15.2. The van der Waals surface area contributed by atoms with Crippen molar-refractivity contribution in [3.8, 4) is 11.3 Å². The first-order valence-corrected chi connectivity index (χ1v) is 9.03. The average Bonchev–Trinajstić information content (AvgIpc) is 3.54. The van der Waals surface area contributed by atoms with E-state index in [0.29, 0.717) is 11.4 Å². The number of nitrogens with zero attached hydrogens (tertiary/aromatic N) is 2. The highest BCUT2D eigenvalue weighted by Crippen LogP contribution is 2.22. The van der Waals surface area contributed by atoms with Crippen molar-refractivity contribution < 1.29 is 4.39 Å². The standard InChI is InChI=1S/C19H18FN3.C3H6/c1-13-10-16(8-9-17(13)20)18-11-21-12-19(23-18)22-14(2)15-6-4-3-5-7-15;1-2-3-1/h3-12,14H,1-2H3,(H,22,23);1-3H2. The van der Waals surface area contributed by atoms with E-state index in [2.05, 4.69) is 34.3 Å². The van der Waals surface area contributed by atoms with Gasteiger partial charge in [0, 0.05) is 11.6 Å². The predicted molar refractivity (Wildman–Crippen MR) is 104 cm³/mol. The molecule has 0 spiro atoms. The van der Waals surface area contributed by atoms with Crippen LogP contribution >= 0.6 is 0 Å². The predicted octanol–water partition coefficient (Wildman–Crippen LogP) is 5.93. The summed E-state index contributed by atoms with van der Waals surface area (Å²) in [5, 5.41) is 3.35. The van der Waals surface area contributed by atoms with Crippen molar-refractivity contribution in [2.24, 2.45) is 0 Å². The molecule has 1 atom stereocenters. The van der Waals surface area contributed by atoms with Gasteiger partial charge in [-0.25, -0.2) is 9.37 Å². The molecule has 26 heavy (non-hydrogen) atoms. The third kappa shape index (κ3) is 5.12. The Morgan fingerprint density at radius 3 is 2.38 bits per heavy atom. The van der Waals surface area contributed by atoms with Crippen LogP contribution in [0.5, 0.6) is 0 Å². The van der Waals surface area contributed by atoms with Gasteiger partial charge in [-0.1, -0.05) is 49.6 Å². The number of halogens is 1. The SMILES string of the molecule is C1CC1.Cc1cc(-c2cncc(NC(C)c3ccccc3)n2)ccc1F. The molecule has 3 aromatic rings. The molecule has 1 heterocycles. The highest BCUT2D eigenvalue weighted by molar-refractivity contribution is 5.61. The van der Waals surface area contributed by atoms with Crippen molar-refractivity contribution in [2.45, 2.75) is 39.2 Å². The first-order valence-electron chi connectivity index (χ1n) is 9.03. The van der Waals surface area contributed by atoms with E-state index in [1.54, 1.807) is 31.5 Å². The molecule has 1 saturated carbocycles. The van der Waals surface area contributed by atoms with Crippen LogP contribution in [0.2, 0.25) is 0 Å². The molecule has 4 heteroatoms. The molecule has 0 aliphatic heterocycles. The molecule has 3 nitrogen and oxygen atoms in total. The number of nitrogens with one attached hydrogen (secondary N) is 1. The van der Waals surface area contributed by atoms with Crippen molar-refractivity contribution in [2.75, 3.05) is 5.32 Å². The zero-order valence-electron chi connectivity index (χ0n) is 15.2. The second kappa shape index (κ2) is 8.56. The first-order chi connectivity index (χ1) is 12.6. The minimum absolute atomic E-state index is 0.121. The van der Waals surface area contributed by atoms with Crippen molar-refractivity contribution in [1.29, 1.82) is 0 Å². The summed E-state index contributed by atoms with van der Waals surface area (Å²) in [6, 6.07) is 15.2. The lowest BCUT2D eigenvalue weighted by Crippen LogP contribution is -2.08. The largest absolute Gasteiger partial charge is 0.362 e. The van der Waals surface area contributed by atoms with Gasteiger partial charge in [0.1, 0.15) is 11.6 Å². The summed E-state index contributed by atoms with van der Waals surface area (Å²) < 4.78 is 13.4. The number of hydrogen-bond acceptors (Lipinski definition) is 3. The Labute approximate surface area is 154 Å². The van der Waals surface area contributed by atoms with Gasteiger partial charge in [-0.15, -0.1) is 0 Å². The molecule has 0 saturated heterocycles. The Balaban J connectivity index is 0.000000592. The molecular formula is C22H24FN3. The highest BCUT2D eigenvalue weighted by Gasteiger charge is 2.08. The van der Waals surface area contributed by atoms with Gasteiger partial charge in [-0.3, -0.25) is 4.98 Å². The maximum atomic E-state index is 13.4. The van der Waals surface area contributed by atoms with Crippen molar-refractivity contribution in [3.05, 3.63) is 77.9 Å². The quantitative estimate of drug-likeness (QED) is 0.634. The number of benzene rings is 2. The van der Waals surface area contributed by atoms with Crippen LogP contribution in [0.4, 0.5) is 10.2 Å². The van der Waals surface area contributed by atoms with Crippen LogP contribution in [0.3, 0.4) is 0 Å². The lowest BCUT2D eigenvalue weighted by Gasteiger charge is -2.15. The molecule has 1 aromatic heterocycles. The van der Waals surface area contributed by atoms with Crippen LogP contribution in [0, 0.1) is 12.7 Å². The summed E-state index contributed by atoms with van der Waals surface area (Å²) in [5.74, 6) is 0.481. The van der Waals surface area contributed by atoms with Crippen molar-refractivity contribution in [1.82, 2.24) is 9.97 Å². The minimum atomic E-state index is -0.214. The third-order valence-corrected chi connectivity index (χ3v) is 4.11. The van der Waals surface area contributed by atoms with Gasteiger partial charge < -0.3 is 5.32 Å². The minimum Gasteiger partial charge on any atom is -0.362 e. The van der Waals surface area contributed by atoms with E-state index < -0.39 is 0 Å². The Hall–Kier alpha value is -2.75. The number of rotatable bonds is 4. The average molecular weight is 349 g/mol. The molecular weight excluding hydrogens is 325 g/mol. The van der Waals surface area contributed by atoms with Gasteiger partial charge in [0.15, 0.2) is 0 Å². The maximum absolute atomic E-state index is 13.4. The van der Waals surface area contributed by atoms with E-state index in [0.717, 1.165) is 11.3 Å². The van der Waals surface area contributed by atoms with Crippen LogP contribution in [-0.2, 0) is 0 Å². The van der Waals surface area contributed by atoms with E-state index >= 15 is 0 Å². The van der Waals surface area contributed by atoms with Crippen molar-refractivity contribution >= 4 is 5.82 Å². The second-order valence-electron chi connectivity index (χ2n) is 6.59. The Kier molecular flexibility index (Phi) is 5.95. The van der Waals surface area contributed by atoms with E-state index in [1.807, 2.05) is 18.2 Å². The van der Waals surface area contributed by atoms with Gasteiger partial charge in [-0.2, -0.15) is 0 Å². The molecule has 134 valence electrons. The second-order valence-corrected chi connectivity index (χ2v) is 6.59. The number of aryl methyl sites for hydroxylation is 1. The van der Waals surface area contributed by atoms with Crippen LogP contribution in [0.1, 0.15) is 43.4 Å². The maximum Gasteiger partial charge on any atom is 0.145 e. The first kappa shape index (κ1) is 18.1. The molecule has 0 amide bonds. The van der Waals surface area contributed by atoms with E-state index in [-0.39, 0.29) is 11.9 Å². The molecule has 1 fully saturated rings. The molecule has 1 unspecified atom stereocenters. The number of aromatic nitrogens is 2. The van der Waals surface area contributed by atoms with Gasteiger partial charge in [-0.05, 0) is 43.2 Å². The Morgan fingerprint density at radius 1 is 1.00 bits per heavy atom. The third-order valence-electron chi connectivity index (χ3n) is 4.11. The van der Waals surface area contributed by atoms with Crippen LogP contribution in [0.25, 0.3) is 11.3 Å². The summed E-state index contributed by atoms with van der Waals surface area (Å²) in [6.45, 7) is 3.82. The van der Waals surface area contributed by atoms with Crippen LogP contribution < -0.4 is 5.32 Å². The number of anilines is 1. The van der Waals surface area contributed by atoms with Gasteiger partial charge in [0.05, 0.1) is 18.1 Å². The number of hydrogen-bond donors (Lipinski definition) is 1. The summed E-state index contributed by atoms with van der Waals surface area (Å²) >= 11 is 0. The smallest absolute Gasteiger partial charge is 0.145 e. The fourth-order valence-corrected chi connectivity index (χ4v) is 2.43. The molecule has 1 aliphatic carbocycles. The Morgan fingerprint density at radius 2 is 1.73 bits per heavy atom. The van der Waals surface area contributed by atoms with E-state index in [9.17, 15) is 4.39 Å². The summed E-state index contributed by atoms with van der Waals surface area (Å²) in [6.07, 6.45) is 7.88. The summed E-state index contributed by atoms with van der Waals surface area (Å²) in [5.41, 5.74) is 3.35. The normalized spacial score (nSPS) is 13.3. The molecule has 1 N–H and O–H groups in total. The zero-order chi connectivity index (χ0) is 18.4. The summed E-state index contributed by atoms with van der Waals surface area (Å²) in [4.78, 5) is 8.82.